The first-order valence-electron chi connectivity index (χ1n) is 9.20. The van der Waals surface area contributed by atoms with Crippen molar-refractivity contribution in [2.24, 2.45) is 5.92 Å². The fourth-order valence-electron chi connectivity index (χ4n) is 3.53. The van der Waals surface area contributed by atoms with E-state index in [9.17, 15) is 0 Å². The summed E-state index contributed by atoms with van der Waals surface area (Å²) in [7, 11) is 0. The van der Waals surface area contributed by atoms with Crippen molar-refractivity contribution in [2.45, 2.75) is 84.0 Å². The van der Waals surface area contributed by atoms with E-state index in [4.69, 9.17) is 0 Å². The highest BCUT2D eigenvalue weighted by Gasteiger charge is 2.13. The molecule has 20 heavy (non-hydrogen) atoms. The van der Waals surface area contributed by atoms with Crippen LogP contribution in [0.5, 0.6) is 0 Å². The molecule has 1 nitrogen and oxygen atoms in total. The van der Waals surface area contributed by atoms with E-state index in [1.165, 1.54) is 96.7 Å². The van der Waals surface area contributed by atoms with E-state index < -0.39 is 0 Å². The fourth-order valence-corrected chi connectivity index (χ4v) is 3.53. The van der Waals surface area contributed by atoms with Crippen LogP contribution in [0.3, 0.4) is 0 Å². The lowest BCUT2D eigenvalue weighted by Gasteiger charge is -2.25. The molecule has 1 saturated carbocycles. The summed E-state index contributed by atoms with van der Waals surface area (Å²) in [6, 6.07) is 0. The van der Waals surface area contributed by atoms with Gasteiger partial charge in [-0.15, -0.1) is 6.58 Å². The largest absolute Gasteiger partial charge is 0.303 e. The zero-order chi connectivity index (χ0) is 14.5. The molecule has 0 aromatic carbocycles. The Labute approximate surface area is 127 Å². The van der Waals surface area contributed by atoms with Crippen LogP contribution in [0.2, 0.25) is 0 Å². The van der Waals surface area contributed by atoms with Gasteiger partial charge in [-0.1, -0.05) is 51.5 Å². The first kappa shape index (κ1) is 17.8. The van der Waals surface area contributed by atoms with Crippen LogP contribution in [-0.4, -0.2) is 24.5 Å². The van der Waals surface area contributed by atoms with Gasteiger partial charge in [0.15, 0.2) is 0 Å². The Morgan fingerprint density at radius 1 is 0.950 bits per heavy atom. The zero-order valence-electron chi connectivity index (χ0n) is 13.9. The molecule has 0 heterocycles. The number of hydrogen-bond donors (Lipinski definition) is 0. The summed E-state index contributed by atoms with van der Waals surface area (Å²) >= 11 is 0. The molecule has 0 amide bonds. The fraction of sp³-hybridized carbons (Fsp3) is 0.895. The van der Waals surface area contributed by atoms with E-state index in [1.54, 1.807) is 0 Å². The molecule has 0 aliphatic heterocycles. The standard InChI is InChI=1S/C19H37N/c1-3-5-6-7-11-17-20(16-4-2)18-12-15-19-13-9-8-10-14-19/h3,19H,1,4-18H2,2H3. The molecule has 0 aromatic rings. The van der Waals surface area contributed by atoms with Crippen LogP contribution in [0.1, 0.15) is 84.0 Å². The van der Waals surface area contributed by atoms with Gasteiger partial charge in [0, 0.05) is 0 Å². The van der Waals surface area contributed by atoms with E-state index in [0.717, 1.165) is 5.92 Å². The molecule has 1 fully saturated rings. The molecule has 0 atom stereocenters. The van der Waals surface area contributed by atoms with E-state index in [0.29, 0.717) is 0 Å². The molecule has 118 valence electrons. The topological polar surface area (TPSA) is 3.24 Å². The first-order chi connectivity index (χ1) is 9.86. The Hall–Kier alpha value is -0.300. The number of hydrogen-bond acceptors (Lipinski definition) is 1. The average Bonchev–Trinajstić information content (AvgIpc) is 2.48. The predicted molar refractivity (Wildman–Crippen MR) is 91.2 cm³/mol. The highest BCUT2D eigenvalue weighted by molar-refractivity contribution is 4.68. The summed E-state index contributed by atoms with van der Waals surface area (Å²) in [5.41, 5.74) is 0. The summed E-state index contributed by atoms with van der Waals surface area (Å²) < 4.78 is 0. The van der Waals surface area contributed by atoms with Crippen molar-refractivity contribution in [1.29, 1.82) is 0 Å². The Morgan fingerprint density at radius 2 is 1.70 bits per heavy atom. The smallest absolute Gasteiger partial charge is 0.00186 e. The third kappa shape index (κ3) is 8.79. The van der Waals surface area contributed by atoms with Crippen LogP contribution in [0.4, 0.5) is 0 Å². The molecule has 1 aliphatic carbocycles. The lowest BCUT2D eigenvalue weighted by atomic mass is 9.86. The second-order valence-electron chi connectivity index (χ2n) is 6.63. The van der Waals surface area contributed by atoms with Gasteiger partial charge >= 0.3 is 0 Å². The second-order valence-corrected chi connectivity index (χ2v) is 6.63. The number of allylic oxidation sites excluding steroid dienone is 1. The second kappa shape index (κ2) is 12.4. The first-order valence-corrected chi connectivity index (χ1v) is 9.20. The Bertz CT molecular complexity index is 218. The number of unbranched alkanes of at least 4 members (excludes halogenated alkanes) is 3. The van der Waals surface area contributed by atoms with Crippen molar-refractivity contribution in [3.63, 3.8) is 0 Å². The molecule has 0 aromatic heterocycles. The summed E-state index contributed by atoms with van der Waals surface area (Å²) in [5.74, 6) is 1.06. The summed E-state index contributed by atoms with van der Waals surface area (Å²) in [4.78, 5) is 2.71. The molecule has 1 heteroatoms. The van der Waals surface area contributed by atoms with Gasteiger partial charge in [-0.3, -0.25) is 0 Å². The van der Waals surface area contributed by atoms with Gasteiger partial charge in [-0.05, 0) is 64.1 Å². The van der Waals surface area contributed by atoms with E-state index in [1.807, 2.05) is 6.08 Å². The van der Waals surface area contributed by atoms with Gasteiger partial charge in [0.2, 0.25) is 0 Å². The molecular formula is C19H37N. The summed E-state index contributed by atoms with van der Waals surface area (Å²) in [5, 5.41) is 0. The van der Waals surface area contributed by atoms with E-state index in [2.05, 4.69) is 18.4 Å². The summed E-state index contributed by atoms with van der Waals surface area (Å²) in [6.45, 7) is 10.1. The van der Waals surface area contributed by atoms with Crippen molar-refractivity contribution < 1.29 is 0 Å². The van der Waals surface area contributed by atoms with Crippen LogP contribution in [0.15, 0.2) is 12.7 Å². The van der Waals surface area contributed by atoms with Gasteiger partial charge in [0.05, 0.1) is 0 Å². The van der Waals surface area contributed by atoms with Gasteiger partial charge in [0.25, 0.3) is 0 Å². The Balaban J connectivity index is 2.05. The third-order valence-corrected chi connectivity index (χ3v) is 4.73. The zero-order valence-corrected chi connectivity index (χ0v) is 13.9. The van der Waals surface area contributed by atoms with E-state index >= 15 is 0 Å². The van der Waals surface area contributed by atoms with Crippen molar-refractivity contribution in [1.82, 2.24) is 4.90 Å². The molecule has 0 radical (unpaired) electrons. The van der Waals surface area contributed by atoms with E-state index in [-0.39, 0.29) is 0 Å². The molecule has 0 N–H and O–H groups in total. The maximum atomic E-state index is 3.80. The quantitative estimate of drug-likeness (QED) is 0.322. The summed E-state index contributed by atoms with van der Waals surface area (Å²) in [6.07, 6.45) is 19.0. The maximum Gasteiger partial charge on any atom is -0.00186 e. The minimum Gasteiger partial charge on any atom is -0.303 e. The predicted octanol–water partition coefficient (Wildman–Crippen LogP) is 5.81. The number of rotatable bonds is 12. The monoisotopic (exact) mass is 279 g/mol. The van der Waals surface area contributed by atoms with Crippen LogP contribution in [0, 0.1) is 5.92 Å². The molecule has 1 aliphatic rings. The molecule has 1 rings (SSSR count). The minimum absolute atomic E-state index is 1.06. The number of nitrogens with zero attached hydrogens (tertiary/aromatic N) is 1. The van der Waals surface area contributed by atoms with Gasteiger partial charge in [0.1, 0.15) is 0 Å². The van der Waals surface area contributed by atoms with Crippen LogP contribution < -0.4 is 0 Å². The van der Waals surface area contributed by atoms with Crippen molar-refractivity contribution in [3.05, 3.63) is 12.7 Å². The highest BCUT2D eigenvalue weighted by Crippen LogP contribution is 2.27. The van der Waals surface area contributed by atoms with Crippen molar-refractivity contribution in [3.8, 4) is 0 Å². The maximum absolute atomic E-state index is 3.80. The molecular weight excluding hydrogens is 242 g/mol. The minimum atomic E-state index is 1.06. The normalized spacial score (nSPS) is 16.7. The Kier molecular flexibility index (Phi) is 11.0. The van der Waals surface area contributed by atoms with Crippen LogP contribution >= 0.6 is 0 Å². The Morgan fingerprint density at radius 3 is 2.40 bits per heavy atom. The molecule has 0 saturated heterocycles. The van der Waals surface area contributed by atoms with Crippen molar-refractivity contribution >= 4 is 0 Å². The molecule has 0 unspecified atom stereocenters. The third-order valence-electron chi connectivity index (χ3n) is 4.73. The molecule has 0 spiro atoms. The van der Waals surface area contributed by atoms with Crippen LogP contribution in [-0.2, 0) is 0 Å². The highest BCUT2D eigenvalue weighted by atomic mass is 15.1. The lowest BCUT2D eigenvalue weighted by molar-refractivity contribution is 0.245. The van der Waals surface area contributed by atoms with Gasteiger partial charge in [-0.25, -0.2) is 0 Å². The lowest BCUT2D eigenvalue weighted by Crippen LogP contribution is -2.27. The SMILES string of the molecule is C=CCCCCCN(CCC)CCCC1CCCCC1. The molecule has 0 bridgehead atoms. The van der Waals surface area contributed by atoms with Crippen LogP contribution in [0.25, 0.3) is 0 Å². The van der Waals surface area contributed by atoms with Crippen molar-refractivity contribution in [2.75, 3.05) is 19.6 Å². The van der Waals surface area contributed by atoms with Gasteiger partial charge < -0.3 is 4.90 Å². The average molecular weight is 280 g/mol. The van der Waals surface area contributed by atoms with Gasteiger partial charge in [-0.2, -0.15) is 0 Å².